The number of benzene rings is 2. The Hall–Kier alpha value is -3.09. The lowest BCUT2D eigenvalue weighted by molar-refractivity contribution is -0.137. The molecule has 0 radical (unpaired) electrons. The van der Waals surface area contributed by atoms with E-state index in [0.717, 1.165) is 23.3 Å². The van der Waals surface area contributed by atoms with Crippen LogP contribution in [0.4, 0.5) is 18.9 Å². The second-order valence-electron chi connectivity index (χ2n) is 5.42. The number of hydrogen-bond donors (Lipinski definition) is 1. The van der Waals surface area contributed by atoms with Gasteiger partial charge in [0, 0.05) is 17.3 Å². The summed E-state index contributed by atoms with van der Waals surface area (Å²) in [5.41, 5.74) is 0.901. The summed E-state index contributed by atoms with van der Waals surface area (Å²) >= 11 is 0. The van der Waals surface area contributed by atoms with Crippen molar-refractivity contribution in [3.63, 3.8) is 0 Å². The molecule has 4 nitrogen and oxygen atoms in total. The van der Waals surface area contributed by atoms with Gasteiger partial charge in [-0.05, 0) is 30.7 Å². The first-order valence-corrected chi connectivity index (χ1v) is 7.36. The fourth-order valence-electron chi connectivity index (χ4n) is 2.33. The highest BCUT2D eigenvalue weighted by molar-refractivity contribution is 6.03. The molecule has 1 amide bonds. The van der Waals surface area contributed by atoms with E-state index in [1.165, 1.54) is 18.2 Å². The summed E-state index contributed by atoms with van der Waals surface area (Å²) in [6.07, 6.45) is -4.48. The molecule has 1 heterocycles. The second kappa shape index (κ2) is 6.43. The molecule has 0 bridgehead atoms. The number of halogens is 3. The van der Waals surface area contributed by atoms with Crippen molar-refractivity contribution in [1.82, 2.24) is 5.16 Å². The summed E-state index contributed by atoms with van der Waals surface area (Å²) in [4.78, 5) is 12.2. The van der Waals surface area contributed by atoms with Crippen LogP contribution in [0.5, 0.6) is 0 Å². The Labute approximate surface area is 141 Å². The van der Waals surface area contributed by atoms with Crippen molar-refractivity contribution in [3.8, 4) is 11.3 Å². The van der Waals surface area contributed by atoms with Crippen LogP contribution in [-0.4, -0.2) is 11.1 Å². The Balaban J connectivity index is 1.80. The average Bonchev–Trinajstić information content (AvgIpc) is 3.04. The number of anilines is 1. The smallest absolute Gasteiger partial charge is 0.355 e. The summed E-state index contributed by atoms with van der Waals surface area (Å²) in [5.74, 6) is -0.241. The lowest BCUT2D eigenvalue weighted by Crippen LogP contribution is -2.13. The fourth-order valence-corrected chi connectivity index (χ4v) is 2.33. The Morgan fingerprint density at radius 1 is 1.08 bits per heavy atom. The van der Waals surface area contributed by atoms with E-state index in [4.69, 9.17) is 4.52 Å². The van der Waals surface area contributed by atoms with E-state index in [9.17, 15) is 18.0 Å². The molecule has 0 aliphatic heterocycles. The van der Waals surface area contributed by atoms with Gasteiger partial charge in [0.1, 0.15) is 0 Å². The first-order valence-electron chi connectivity index (χ1n) is 7.36. The number of rotatable bonds is 3. The average molecular weight is 346 g/mol. The van der Waals surface area contributed by atoms with Crippen LogP contribution in [0.3, 0.4) is 0 Å². The molecule has 25 heavy (non-hydrogen) atoms. The van der Waals surface area contributed by atoms with Gasteiger partial charge in [0.05, 0.1) is 5.56 Å². The molecular formula is C18H13F3N2O2. The van der Waals surface area contributed by atoms with E-state index in [1.807, 2.05) is 31.2 Å². The highest BCUT2D eigenvalue weighted by atomic mass is 19.4. The number of carbonyl (C=O) groups is 1. The number of aryl methyl sites for hydroxylation is 1. The maximum Gasteiger partial charge on any atom is 0.416 e. The molecule has 1 aromatic heterocycles. The number of carbonyl (C=O) groups excluding carboxylic acids is 1. The molecule has 3 aromatic rings. The number of aromatic nitrogens is 1. The highest BCUT2D eigenvalue weighted by Crippen LogP contribution is 2.31. The predicted molar refractivity (Wildman–Crippen MR) is 86.1 cm³/mol. The Kier molecular flexibility index (Phi) is 4.31. The molecule has 3 rings (SSSR count). The van der Waals surface area contributed by atoms with E-state index in [0.29, 0.717) is 5.76 Å². The Morgan fingerprint density at radius 3 is 2.56 bits per heavy atom. The van der Waals surface area contributed by atoms with Gasteiger partial charge >= 0.3 is 6.18 Å². The van der Waals surface area contributed by atoms with E-state index >= 15 is 0 Å². The Morgan fingerprint density at radius 2 is 1.84 bits per heavy atom. The fraction of sp³-hybridized carbons (Fsp3) is 0.111. The molecule has 0 saturated carbocycles. The summed E-state index contributed by atoms with van der Waals surface area (Å²) in [7, 11) is 0. The van der Waals surface area contributed by atoms with Gasteiger partial charge in [-0.25, -0.2) is 0 Å². The third-order valence-corrected chi connectivity index (χ3v) is 3.60. The van der Waals surface area contributed by atoms with Crippen molar-refractivity contribution in [2.45, 2.75) is 13.1 Å². The lowest BCUT2D eigenvalue weighted by atomic mass is 10.1. The molecule has 1 N–H and O–H groups in total. The molecule has 0 aliphatic carbocycles. The molecule has 0 saturated heterocycles. The van der Waals surface area contributed by atoms with Gasteiger partial charge in [0.15, 0.2) is 11.5 Å². The van der Waals surface area contributed by atoms with Crippen LogP contribution in [0.2, 0.25) is 0 Å². The molecule has 0 unspecified atom stereocenters. The van der Waals surface area contributed by atoms with Crippen molar-refractivity contribution in [3.05, 3.63) is 71.4 Å². The van der Waals surface area contributed by atoms with Gasteiger partial charge < -0.3 is 9.84 Å². The number of alkyl halides is 3. The molecule has 0 atom stereocenters. The van der Waals surface area contributed by atoms with Crippen LogP contribution >= 0.6 is 0 Å². The zero-order valence-electron chi connectivity index (χ0n) is 13.1. The topological polar surface area (TPSA) is 55.1 Å². The van der Waals surface area contributed by atoms with Crippen molar-refractivity contribution < 1.29 is 22.5 Å². The van der Waals surface area contributed by atoms with Gasteiger partial charge in [0.25, 0.3) is 5.91 Å². The minimum Gasteiger partial charge on any atom is -0.355 e. The van der Waals surface area contributed by atoms with Crippen LogP contribution in [0.1, 0.15) is 21.6 Å². The minimum atomic E-state index is -4.48. The zero-order chi connectivity index (χ0) is 18.0. The van der Waals surface area contributed by atoms with Gasteiger partial charge in [-0.15, -0.1) is 0 Å². The van der Waals surface area contributed by atoms with Gasteiger partial charge in [-0.2, -0.15) is 13.2 Å². The third kappa shape index (κ3) is 3.71. The summed E-state index contributed by atoms with van der Waals surface area (Å²) in [5, 5.41) is 6.08. The minimum absolute atomic E-state index is 0.0179. The van der Waals surface area contributed by atoms with E-state index in [2.05, 4.69) is 10.5 Å². The SMILES string of the molecule is Cc1ccccc1-c1cc(C(=O)Nc2cccc(C(F)(F)F)c2)no1. The largest absolute Gasteiger partial charge is 0.416 e. The van der Waals surface area contributed by atoms with Crippen molar-refractivity contribution in [1.29, 1.82) is 0 Å². The normalized spacial score (nSPS) is 11.4. The van der Waals surface area contributed by atoms with Crippen LogP contribution < -0.4 is 5.32 Å². The van der Waals surface area contributed by atoms with Crippen LogP contribution in [0.15, 0.2) is 59.1 Å². The molecule has 7 heteroatoms. The van der Waals surface area contributed by atoms with Gasteiger partial charge in [-0.3, -0.25) is 4.79 Å². The van der Waals surface area contributed by atoms with E-state index < -0.39 is 17.6 Å². The molecule has 0 spiro atoms. The van der Waals surface area contributed by atoms with Crippen LogP contribution in [0, 0.1) is 6.92 Å². The zero-order valence-corrected chi connectivity index (χ0v) is 13.1. The van der Waals surface area contributed by atoms with Gasteiger partial charge in [0.2, 0.25) is 0 Å². The Bertz CT molecular complexity index is 916. The summed E-state index contributed by atoms with van der Waals surface area (Å²) < 4.78 is 43.3. The lowest BCUT2D eigenvalue weighted by Gasteiger charge is -2.08. The van der Waals surface area contributed by atoms with Crippen molar-refractivity contribution in [2.24, 2.45) is 0 Å². The molecular weight excluding hydrogens is 333 g/mol. The monoisotopic (exact) mass is 346 g/mol. The highest BCUT2D eigenvalue weighted by Gasteiger charge is 2.30. The number of nitrogens with one attached hydrogen (secondary N) is 1. The number of amides is 1. The van der Waals surface area contributed by atoms with Crippen LogP contribution in [0.25, 0.3) is 11.3 Å². The van der Waals surface area contributed by atoms with E-state index in [-0.39, 0.29) is 11.4 Å². The molecule has 128 valence electrons. The molecule has 0 aliphatic rings. The second-order valence-corrected chi connectivity index (χ2v) is 5.42. The van der Waals surface area contributed by atoms with Crippen LogP contribution in [-0.2, 0) is 6.18 Å². The summed E-state index contributed by atoms with van der Waals surface area (Å²) in [6, 6.07) is 13.2. The molecule has 0 fully saturated rings. The first kappa shape index (κ1) is 16.8. The number of hydrogen-bond acceptors (Lipinski definition) is 3. The first-order chi connectivity index (χ1) is 11.8. The maximum absolute atomic E-state index is 12.7. The van der Waals surface area contributed by atoms with Crippen molar-refractivity contribution in [2.75, 3.05) is 5.32 Å². The standard InChI is InChI=1S/C18H13F3N2O2/c1-11-5-2-3-8-14(11)16-10-15(23-25-16)17(24)22-13-7-4-6-12(9-13)18(19,20)21/h2-10H,1H3,(H,22,24). The quantitative estimate of drug-likeness (QED) is 0.732. The third-order valence-electron chi connectivity index (χ3n) is 3.60. The number of nitrogens with zero attached hydrogens (tertiary/aromatic N) is 1. The van der Waals surface area contributed by atoms with Gasteiger partial charge in [-0.1, -0.05) is 35.5 Å². The summed E-state index contributed by atoms with van der Waals surface area (Å²) in [6.45, 7) is 1.89. The van der Waals surface area contributed by atoms with E-state index in [1.54, 1.807) is 0 Å². The predicted octanol–water partition coefficient (Wildman–Crippen LogP) is 4.92. The van der Waals surface area contributed by atoms with Crippen molar-refractivity contribution >= 4 is 11.6 Å². The maximum atomic E-state index is 12.7. The molecule has 2 aromatic carbocycles.